The van der Waals surface area contributed by atoms with Gasteiger partial charge in [-0.15, -0.1) is 0 Å². The molecule has 6 nitrogen and oxygen atoms in total. The molecule has 2 rings (SSSR count). The molecule has 22 heavy (non-hydrogen) atoms. The number of hydrogen-bond donors (Lipinski definition) is 1. The van der Waals surface area contributed by atoms with Crippen LogP contribution in [0.5, 0.6) is 0 Å². The molecule has 1 aromatic rings. The van der Waals surface area contributed by atoms with E-state index in [1.54, 1.807) is 12.1 Å². The van der Waals surface area contributed by atoms with E-state index in [0.717, 1.165) is 19.4 Å². The molecule has 1 aliphatic rings. The quantitative estimate of drug-likeness (QED) is 0.846. The molecule has 0 spiro atoms. The molecule has 1 N–H and O–H groups in total. The Morgan fingerprint density at radius 1 is 1.45 bits per heavy atom. The van der Waals surface area contributed by atoms with E-state index < -0.39 is 11.7 Å². The smallest absolute Gasteiger partial charge is 0.407 e. The summed E-state index contributed by atoms with van der Waals surface area (Å²) in [6.45, 7) is 7.14. The molecule has 1 saturated heterocycles. The van der Waals surface area contributed by atoms with E-state index in [-0.39, 0.29) is 11.8 Å². The van der Waals surface area contributed by atoms with Crippen LogP contribution in [0.4, 0.5) is 4.79 Å². The normalized spacial score (nSPS) is 19.1. The number of carbonyl (C=O) groups is 2. The van der Waals surface area contributed by atoms with Crippen molar-refractivity contribution in [3.63, 3.8) is 0 Å². The zero-order valence-electron chi connectivity index (χ0n) is 13.4. The monoisotopic (exact) mass is 308 g/mol. The minimum absolute atomic E-state index is 0.0332. The summed E-state index contributed by atoms with van der Waals surface area (Å²) in [5, 5.41) is 2.78. The summed E-state index contributed by atoms with van der Waals surface area (Å²) >= 11 is 0. The van der Waals surface area contributed by atoms with Gasteiger partial charge in [-0.2, -0.15) is 0 Å². The number of nitrogens with zero attached hydrogens (tertiary/aromatic N) is 1. The lowest BCUT2D eigenvalue weighted by atomic mass is 10.2. The first-order valence-corrected chi connectivity index (χ1v) is 7.63. The maximum absolute atomic E-state index is 12.1. The first kappa shape index (κ1) is 16.5. The predicted octanol–water partition coefficient (Wildman–Crippen LogP) is 2.45. The SMILES string of the molecule is CC(C)(C)OC(=O)NC[C@H]1CCCN1CC(=O)c1ccco1. The van der Waals surface area contributed by atoms with Gasteiger partial charge in [0.15, 0.2) is 5.76 Å². The molecule has 1 aromatic heterocycles. The number of alkyl carbamates (subject to hydrolysis) is 1. The molecule has 1 aliphatic heterocycles. The Labute approximate surface area is 130 Å². The number of hydrogen-bond acceptors (Lipinski definition) is 5. The summed E-state index contributed by atoms with van der Waals surface area (Å²) in [5.74, 6) is 0.347. The molecule has 1 atom stereocenters. The molecule has 1 fully saturated rings. The molecular formula is C16H24N2O4. The molecule has 0 bridgehead atoms. The fraction of sp³-hybridized carbons (Fsp3) is 0.625. The van der Waals surface area contributed by atoms with Crippen LogP contribution in [0.2, 0.25) is 0 Å². The summed E-state index contributed by atoms with van der Waals surface area (Å²) in [4.78, 5) is 25.9. The number of Topliss-reactive ketones (excluding diaryl/α,β-unsaturated/α-hetero) is 1. The van der Waals surface area contributed by atoms with Crippen LogP contribution in [0.25, 0.3) is 0 Å². The van der Waals surface area contributed by atoms with Crippen molar-refractivity contribution in [2.45, 2.75) is 45.3 Å². The summed E-state index contributed by atoms with van der Waals surface area (Å²) in [6.07, 6.45) is 3.06. The third kappa shape index (κ3) is 4.87. The minimum Gasteiger partial charge on any atom is -0.461 e. The maximum Gasteiger partial charge on any atom is 0.407 e. The van der Waals surface area contributed by atoms with Gasteiger partial charge in [0.05, 0.1) is 12.8 Å². The highest BCUT2D eigenvalue weighted by molar-refractivity contribution is 5.95. The highest BCUT2D eigenvalue weighted by Gasteiger charge is 2.28. The van der Waals surface area contributed by atoms with Gasteiger partial charge in [-0.25, -0.2) is 4.79 Å². The van der Waals surface area contributed by atoms with Gasteiger partial charge in [0, 0.05) is 12.6 Å². The fourth-order valence-corrected chi connectivity index (χ4v) is 2.55. The molecule has 1 amide bonds. The van der Waals surface area contributed by atoms with Crippen molar-refractivity contribution in [1.82, 2.24) is 10.2 Å². The highest BCUT2D eigenvalue weighted by atomic mass is 16.6. The summed E-state index contributed by atoms with van der Waals surface area (Å²) in [7, 11) is 0. The van der Waals surface area contributed by atoms with E-state index in [0.29, 0.717) is 18.8 Å². The van der Waals surface area contributed by atoms with Crippen LogP contribution >= 0.6 is 0 Å². The minimum atomic E-state index is -0.505. The Morgan fingerprint density at radius 3 is 2.86 bits per heavy atom. The average molecular weight is 308 g/mol. The van der Waals surface area contributed by atoms with Gasteiger partial charge in [-0.3, -0.25) is 9.69 Å². The lowest BCUT2D eigenvalue weighted by molar-refractivity contribution is 0.0513. The lowest BCUT2D eigenvalue weighted by Crippen LogP contribution is -2.43. The lowest BCUT2D eigenvalue weighted by Gasteiger charge is -2.25. The van der Waals surface area contributed by atoms with E-state index in [1.807, 2.05) is 20.8 Å². The zero-order valence-corrected chi connectivity index (χ0v) is 13.4. The molecule has 0 aromatic carbocycles. The van der Waals surface area contributed by atoms with Gasteiger partial charge in [0.1, 0.15) is 5.60 Å². The molecule has 122 valence electrons. The number of rotatable bonds is 5. The molecule has 0 unspecified atom stereocenters. The van der Waals surface area contributed by atoms with Gasteiger partial charge < -0.3 is 14.5 Å². The Morgan fingerprint density at radius 2 is 2.23 bits per heavy atom. The standard InChI is InChI=1S/C16H24N2O4/c1-16(2,3)22-15(20)17-10-12-6-4-8-18(12)11-13(19)14-7-5-9-21-14/h5,7,9,12H,4,6,8,10-11H2,1-3H3,(H,17,20)/t12-/m1/s1. The Bertz CT molecular complexity index is 505. The number of ether oxygens (including phenoxy) is 1. The molecular weight excluding hydrogens is 284 g/mol. The Hall–Kier alpha value is -1.82. The largest absolute Gasteiger partial charge is 0.461 e. The fourth-order valence-electron chi connectivity index (χ4n) is 2.55. The van der Waals surface area contributed by atoms with E-state index in [9.17, 15) is 9.59 Å². The first-order valence-electron chi connectivity index (χ1n) is 7.63. The first-order chi connectivity index (χ1) is 10.3. The van der Waals surface area contributed by atoms with Gasteiger partial charge >= 0.3 is 6.09 Å². The van der Waals surface area contributed by atoms with E-state index in [1.165, 1.54) is 6.26 Å². The van der Waals surface area contributed by atoms with Crippen LogP contribution in [0.15, 0.2) is 22.8 Å². The number of amides is 1. The Balaban J connectivity index is 1.81. The van der Waals surface area contributed by atoms with Crippen molar-refractivity contribution < 1.29 is 18.7 Å². The number of ketones is 1. The van der Waals surface area contributed by atoms with Gasteiger partial charge in [0.2, 0.25) is 5.78 Å². The van der Waals surface area contributed by atoms with Crippen molar-refractivity contribution in [1.29, 1.82) is 0 Å². The second kappa shape index (κ2) is 6.96. The van der Waals surface area contributed by atoms with Crippen LogP contribution in [0.3, 0.4) is 0 Å². The summed E-state index contributed by atoms with van der Waals surface area (Å²) in [6, 6.07) is 3.54. The van der Waals surface area contributed by atoms with Crippen molar-refractivity contribution in [3.8, 4) is 0 Å². The number of carbonyl (C=O) groups excluding carboxylic acids is 2. The molecule has 0 saturated carbocycles. The summed E-state index contributed by atoms with van der Waals surface area (Å²) < 4.78 is 10.4. The third-order valence-corrected chi connectivity index (χ3v) is 3.52. The van der Waals surface area contributed by atoms with Gasteiger partial charge in [-0.05, 0) is 52.3 Å². The van der Waals surface area contributed by atoms with Crippen LogP contribution in [-0.4, -0.2) is 48.1 Å². The maximum atomic E-state index is 12.1. The second-order valence-electron chi connectivity index (χ2n) is 6.55. The molecule has 6 heteroatoms. The number of likely N-dealkylation sites (tertiary alicyclic amines) is 1. The van der Waals surface area contributed by atoms with Crippen molar-refractivity contribution in [3.05, 3.63) is 24.2 Å². The van der Waals surface area contributed by atoms with E-state index >= 15 is 0 Å². The van der Waals surface area contributed by atoms with Crippen molar-refractivity contribution >= 4 is 11.9 Å². The van der Waals surface area contributed by atoms with E-state index in [4.69, 9.17) is 9.15 Å². The van der Waals surface area contributed by atoms with Gasteiger partial charge in [-0.1, -0.05) is 0 Å². The molecule has 0 radical (unpaired) electrons. The average Bonchev–Trinajstić information content (AvgIpc) is 3.05. The molecule has 0 aliphatic carbocycles. The van der Waals surface area contributed by atoms with Crippen LogP contribution in [-0.2, 0) is 4.74 Å². The van der Waals surface area contributed by atoms with Crippen LogP contribution < -0.4 is 5.32 Å². The number of furan rings is 1. The van der Waals surface area contributed by atoms with Crippen molar-refractivity contribution in [2.24, 2.45) is 0 Å². The highest BCUT2D eigenvalue weighted by Crippen LogP contribution is 2.17. The predicted molar refractivity (Wildman–Crippen MR) is 81.9 cm³/mol. The molecule has 2 heterocycles. The van der Waals surface area contributed by atoms with Crippen molar-refractivity contribution in [2.75, 3.05) is 19.6 Å². The second-order valence-corrected chi connectivity index (χ2v) is 6.55. The topological polar surface area (TPSA) is 71.8 Å². The zero-order chi connectivity index (χ0) is 16.2. The Kier molecular flexibility index (Phi) is 5.24. The van der Waals surface area contributed by atoms with Crippen LogP contribution in [0.1, 0.15) is 44.2 Å². The van der Waals surface area contributed by atoms with E-state index in [2.05, 4.69) is 10.2 Å². The number of nitrogens with one attached hydrogen (secondary N) is 1. The third-order valence-electron chi connectivity index (χ3n) is 3.52. The van der Waals surface area contributed by atoms with Crippen LogP contribution in [0, 0.1) is 0 Å². The van der Waals surface area contributed by atoms with Gasteiger partial charge in [0.25, 0.3) is 0 Å². The summed E-state index contributed by atoms with van der Waals surface area (Å²) in [5.41, 5.74) is -0.505.